The molecule has 2 nitrogen and oxygen atoms in total. The smallest absolute Gasteiger partial charge is 0.120 e. The van der Waals surface area contributed by atoms with Crippen molar-refractivity contribution in [1.29, 1.82) is 0 Å². The summed E-state index contributed by atoms with van der Waals surface area (Å²) >= 11 is 3.42. The number of benzene rings is 1. The Morgan fingerprint density at radius 3 is 2.56 bits per heavy atom. The second-order valence-electron chi connectivity index (χ2n) is 4.80. The zero-order chi connectivity index (χ0) is 12.3. The summed E-state index contributed by atoms with van der Waals surface area (Å²) in [6, 6.07) is 5.55. The van der Waals surface area contributed by atoms with Crippen LogP contribution in [0.5, 0.6) is 5.75 Å². The summed E-state index contributed by atoms with van der Waals surface area (Å²) in [5, 5.41) is 9.77. The van der Waals surface area contributed by atoms with Gasteiger partial charge in [-0.05, 0) is 45.5 Å². The zero-order valence-electron chi connectivity index (χ0n) is 10.4. The third-order valence-electron chi connectivity index (χ3n) is 3.35. The highest BCUT2D eigenvalue weighted by Gasteiger charge is 2.21. The minimum atomic E-state index is 0.148. The van der Waals surface area contributed by atoms with E-state index < -0.39 is 0 Å². The number of phenolic OH excluding ortho intramolecular Hbond substituents is 1. The summed E-state index contributed by atoms with van der Waals surface area (Å²) in [6.45, 7) is 7.35. The summed E-state index contributed by atoms with van der Waals surface area (Å²) in [4.78, 5) is 2.26. The quantitative estimate of drug-likeness (QED) is 0.910. The number of nitrogens with zero attached hydrogens (tertiary/aromatic N) is 1. The summed E-state index contributed by atoms with van der Waals surface area (Å²) in [6.07, 6.45) is 1.08. The van der Waals surface area contributed by atoms with Crippen molar-refractivity contribution < 1.29 is 5.11 Å². The van der Waals surface area contributed by atoms with Gasteiger partial charge in [0.25, 0.3) is 0 Å². The van der Waals surface area contributed by atoms with E-state index in [1.54, 1.807) is 6.07 Å². The van der Waals surface area contributed by atoms with Gasteiger partial charge in [0.2, 0.25) is 0 Å². The number of phenols is 1. The number of hydrogen-bond donors (Lipinski definition) is 1. The molecule has 0 unspecified atom stereocenters. The van der Waals surface area contributed by atoms with Crippen molar-refractivity contribution in [1.82, 2.24) is 4.90 Å². The topological polar surface area (TPSA) is 23.5 Å². The van der Waals surface area contributed by atoms with Crippen molar-refractivity contribution in [3.8, 4) is 5.75 Å². The molecule has 0 aromatic heterocycles. The third-order valence-corrected chi connectivity index (χ3v) is 3.84. The molecule has 0 aliphatic rings. The van der Waals surface area contributed by atoms with Crippen LogP contribution >= 0.6 is 15.9 Å². The highest BCUT2D eigenvalue weighted by molar-refractivity contribution is 9.10. The Morgan fingerprint density at radius 2 is 2.00 bits per heavy atom. The first-order valence-corrected chi connectivity index (χ1v) is 6.34. The lowest BCUT2D eigenvalue weighted by Gasteiger charge is -2.35. The van der Waals surface area contributed by atoms with E-state index in [4.69, 9.17) is 0 Å². The molecule has 1 aromatic carbocycles. The summed E-state index contributed by atoms with van der Waals surface area (Å²) < 4.78 is 1.00. The van der Waals surface area contributed by atoms with Crippen molar-refractivity contribution in [2.75, 3.05) is 7.05 Å². The van der Waals surface area contributed by atoms with Crippen LogP contribution in [0.1, 0.15) is 32.8 Å². The molecule has 1 N–H and O–H groups in total. The van der Waals surface area contributed by atoms with Gasteiger partial charge in [-0.15, -0.1) is 0 Å². The van der Waals surface area contributed by atoms with Crippen LogP contribution in [-0.2, 0) is 6.54 Å². The maximum atomic E-state index is 9.77. The van der Waals surface area contributed by atoms with Gasteiger partial charge >= 0.3 is 0 Å². The number of rotatable bonds is 4. The van der Waals surface area contributed by atoms with Gasteiger partial charge in [0.15, 0.2) is 0 Å². The first-order chi connectivity index (χ1) is 7.36. The number of hydrogen-bond acceptors (Lipinski definition) is 2. The highest BCUT2D eigenvalue weighted by atomic mass is 79.9. The van der Waals surface area contributed by atoms with Crippen LogP contribution in [0.2, 0.25) is 0 Å². The lowest BCUT2D eigenvalue weighted by atomic mass is 9.99. The van der Waals surface area contributed by atoms with Gasteiger partial charge in [-0.3, -0.25) is 4.90 Å². The fourth-order valence-corrected chi connectivity index (χ4v) is 1.83. The maximum absolute atomic E-state index is 9.77. The molecule has 0 aliphatic carbocycles. The van der Waals surface area contributed by atoms with Crippen LogP contribution in [0.4, 0.5) is 0 Å². The van der Waals surface area contributed by atoms with Gasteiger partial charge in [0, 0.05) is 22.1 Å². The highest BCUT2D eigenvalue weighted by Crippen LogP contribution is 2.26. The van der Waals surface area contributed by atoms with E-state index in [0.717, 1.165) is 23.0 Å². The molecule has 0 amide bonds. The van der Waals surface area contributed by atoms with E-state index in [0.29, 0.717) is 5.75 Å². The Labute approximate surface area is 106 Å². The predicted octanol–water partition coefficient (Wildman–Crippen LogP) is 3.78. The normalized spacial score (nSPS) is 12.1. The lowest BCUT2D eigenvalue weighted by molar-refractivity contribution is 0.142. The third kappa shape index (κ3) is 3.22. The molecule has 1 aromatic rings. The van der Waals surface area contributed by atoms with E-state index >= 15 is 0 Å². The second kappa shape index (κ2) is 5.19. The molecular weight excluding hydrogens is 266 g/mol. The fourth-order valence-electron chi connectivity index (χ4n) is 1.42. The molecular formula is C13H20BrNO. The van der Waals surface area contributed by atoms with Crippen molar-refractivity contribution in [3.63, 3.8) is 0 Å². The average Bonchev–Trinajstić information content (AvgIpc) is 2.23. The Hall–Kier alpha value is -0.540. The summed E-state index contributed by atoms with van der Waals surface area (Å²) in [5.74, 6) is 0.363. The monoisotopic (exact) mass is 285 g/mol. The van der Waals surface area contributed by atoms with E-state index in [2.05, 4.69) is 48.6 Å². The van der Waals surface area contributed by atoms with Crippen LogP contribution < -0.4 is 0 Å². The Morgan fingerprint density at radius 1 is 1.38 bits per heavy atom. The van der Waals surface area contributed by atoms with E-state index in [9.17, 15) is 5.11 Å². The zero-order valence-corrected chi connectivity index (χ0v) is 12.0. The SMILES string of the molecule is CCC(C)(C)N(C)Cc1cc(Br)ccc1O. The van der Waals surface area contributed by atoms with Gasteiger partial charge < -0.3 is 5.11 Å². The molecule has 0 spiro atoms. The maximum Gasteiger partial charge on any atom is 0.120 e. The van der Waals surface area contributed by atoms with Crippen LogP contribution in [0.15, 0.2) is 22.7 Å². The molecule has 0 atom stereocenters. The molecule has 0 heterocycles. The largest absolute Gasteiger partial charge is 0.508 e. The predicted molar refractivity (Wildman–Crippen MR) is 71.6 cm³/mol. The first-order valence-electron chi connectivity index (χ1n) is 5.55. The van der Waals surface area contributed by atoms with Crippen molar-refractivity contribution in [2.45, 2.75) is 39.3 Å². The average molecular weight is 286 g/mol. The van der Waals surface area contributed by atoms with Gasteiger partial charge in [-0.1, -0.05) is 22.9 Å². The van der Waals surface area contributed by atoms with E-state index in [1.165, 1.54) is 0 Å². The number of halogens is 1. The van der Waals surface area contributed by atoms with Crippen LogP contribution in [-0.4, -0.2) is 22.6 Å². The molecule has 0 saturated heterocycles. The van der Waals surface area contributed by atoms with Crippen molar-refractivity contribution >= 4 is 15.9 Å². The van der Waals surface area contributed by atoms with Gasteiger partial charge in [-0.25, -0.2) is 0 Å². The van der Waals surface area contributed by atoms with Crippen LogP contribution in [0.25, 0.3) is 0 Å². The molecule has 0 aliphatic heterocycles. The minimum Gasteiger partial charge on any atom is -0.508 e. The minimum absolute atomic E-state index is 0.148. The number of aromatic hydroxyl groups is 1. The Kier molecular flexibility index (Phi) is 4.39. The molecule has 0 radical (unpaired) electrons. The van der Waals surface area contributed by atoms with E-state index in [1.807, 2.05) is 12.1 Å². The Bertz CT molecular complexity index is 363. The lowest BCUT2D eigenvalue weighted by Crippen LogP contribution is -2.39. The molecule has 90 valence electrons. The van der Waals surface area contributed by atoms with Gasteiger partial charge in [0.1, 0.15) is 5.75 Å². The summed E-state index contributed by atoms with van der Waals surface area (Å²) in [7, 11) is 2.09. The van der Waals surface area contributed by atoms with Crippen molar-refractivity contribution in [3.05, 3.63) is 28.2 Å². The molecule has 3 heteroatoms. The summed E-state index contributed by atoms with van der Waals surface area (Å²) in [5.41, 5.74) is 1.10. The molecule has 16 heavy (non-hydrogen) atoms. The molecule has 0 saturated carbocycles. The van der Waals surface area contributed by atoms with Crippen molar-refractivity contribution in [2.24, 2.45) is 0 Å². The standard InChI is InChI=1S/C13H20BrNO/c1-5-13(2,3)15(4)9-10-8-11(14)6-7-12(10)16/h6-8,16H,5,9H2,1-4H3. The molecule has 0 bridgehead atoms. The van der Waals surface area contributed by atoms with Gasteiger partial charge in [-0.2, -0.15) is 0 Å². The molecule has 0 fully saturated rings. The Balaban J connectivity index is 2.84. The fraction of sp³-hybridized carbons (Fsp3) is 0.538. The molecule has 1 rings (SSSR count). The first kappa shape index (κ1) is 13.5. The van der Waals surface area contributed by atoms with Crippen LogP contribution in [0, 0.1) is 0 Å². The van der Waals surface area contributed by atoms with Crippen LogP contribution in [0.3, 0.4) is 0 Å². The second-order valence-corrected chi connectivity index (χ2v) is 5.71. The van der Waals surface area contributed by atoms with E-state index in [-0.39, 0.29) is 5.54 Å². The van der Waals surface area contributed by atoms with Gasteiger partial charge in [0.05, 0.1) is 0 Å².